The van der Waals surface area contributed by atoms with Crippen molar-refractivity contribution < 1.29 is 13.2 Å². The molecule has 1 aliphatic heterocycles. The van der Waals surface area contributed by atoms with E-state index in [1.807, 2.05) is 4.90 Å². The molecule has 1 saturated carbocycles. The number of sulfone groups is 1. The van der Waals surface area contributed by atoms with Crippen molar-refractivity contribution in [1.82, 2.24) is 4.90 Å². The van der Waals surface area contributed by atoms with E-state index < -0.39 is 9.84 Å². The van der Waals surface area contributed by atoms with Crippen LogP contribution < -0.4 is 0 Å². The van der Waals surface area contributed by atoms with Gasteiger partial charge >= 0.3 is 0 Å². The van der Waals surface area contributed by atoms with Crippen LogP contribution in [0.1, 0.15) is 52.9 Å². The van der Waals surface area contributed by atoms with Crippen molar-refractivity contribution in [2.45, 2.75) is 58.9 Å². The maximum atomic E-state index is 12.4. The summed E-state index contributed by atoms with van der Waals surface area (Å²) in [6.07, 6.45) is 5.38. The van der Waals surface area contributed by atoms with Gasteiger partial charge in [0, 0.05) is 25.3 Å². The van der Waals surface area contributed by atoms with Gasteiger partial charge in [-0.25, -0.2) is 8.42 Å². The van der Waals surface area contributed by atoms with Gasteiger partial charge < -0.3 is 4.90 Å². The minimum atomic E-state index is -2.96. The lowest BCUT2D eigenvalue weighted by Crippen LogP contribution is -2.37. The summed E-state index contributed by atoms with van der Waals surface area (Å²) >= 11 is 0. The Bertz CT molecular complexity index is 497. The Labute approximate surface area is 122 Å². The monoisotopic (exact) mass is 301 g/mol. The molecule has 0 aromatic carbocycles. The Morgan fingerprint density at radius 2 is 1.90 bits per heavy atom. The molecule has 1 aliphatic carbocycles. The van der Waals surface area contributed by atoms with Crippen molar-refractivity contribution in [3.63, 3.8) is 0 Å². The molecule has 5 heteroatoms. The zero-order chi connectivity index (χ0) is 15.2. The summed E-state index contributed by atoms with van der Waals surface area (Å²) in [5.74, 6) is 0.250. The van der Waals surface area contributed by atoms with Crippen molar-refractivity contribution in [1.29, 1.82) is 0 Å². The van der Waals surface area contributed by atoms with Crippen LogP contribution in [0.3, 0.4) is 0 Å². The van der Waals surface area contributed by atoms with Gasteiger partial charge in [0.25, 0.3) is 0 Å². The number of rotatable bonds is 4. The van der Waals surface area contributed by atoms with Crippen LogP contribution in [0.5, 0.6) is 0 Å². The lowest BCUT2D eigenvalue weighted by molar-refractivity contribution is -0.132. The van der Waals surface area contributed by atoms with Gasteiger partial charge in [-0.1, -0.05) is 20.8 Å². The van der Waals surface area contributed by atoms with E-state index in [9.17, 15) is 13.2 Å². The molecule has 2 bridgehead atoms. The van der Waals surface area contributed by atoms with Crippen molar-refractivity contribution in [3.05, 3.63) is 0 Å². The molecule has 4 nitrogen and oxygen atoms in total. The normalized spacial score (nSPS) is 32.4. The molecule has 2 fully saturated rings. The van der Waals surface area contributed by atoms with E-state index in [4.69, 9.17) is 0 Å². The summed E-state index contributed by atoms with van der Waals surface area (Å²) < 4.78 is 22.3. The Hall–Kier alpha value is -0.580. The van der Waals surface area contributed by atoms with Gasteiger partial charge in [-0.2, -0.15) is 0 Å². The third-order valence-electron chi connectivity index (χ3n) is 4.64. The van der Waals surface area contributed by atoms with Gasteiger partial charge in [0.1, 0.15) is 9.84 Å². The van der Waals surface area contributed by atoms with Gasteiger partial charge in [-0.05, 0) is 36.5 Å². The summed E-state index contributed by atoms with van der Waals surface area (Å²) in [5, 5.41) is 0. The lowest BCUT2D eigenvalue weighted by Gasteiger charge is -2.39. The van der Waals surface area contributed by atoms with E-state index in [1.54, 1.807) is 0 Å². The highest BCUT2D eigenvalue weighted by Gasteiger charge is 2.50. The minimum absolute atomic E-state index is 0.111. The third-order valence-corrected chi connectivity index (χ3v) is 5.67. The Morgan fingerprint density at radius 3 is 2.50 bits per heavy atom. The molecule has 0 aromatic rings. The number of nitrogens with zero attached hydrogens (tertiary/aromatic N) is 1. The van der Waals surface area contributed by atoms with Gasteiger partial charge in [0.15, 0.2) is 0 Å². The molecule has 0 spiro atoms. The quantitative estimate of drug-likeness (QED) is 0.800. The third kappa shape index (κ3) is 3.74. The molecular formula is C15H27NO3S. The van der Waals surface area contributed by atoms with Crippen molar-refractivity contribution in [2.75, 3.05) is 18.6 Å². The predicted octanol–water partition coefficient (Wildman–Crippen LogP) is 2.24. The molecule has 1 heterocycles. The van der Waals surface area contributed by atoms with E-state index in [1.165, 1.54) is 12.7 Å². The molecule has 2 aliphatic rings. The highest BCUT2D eigenvalue weighted by Crippen LogP contribution is 2.52. The first-order chi connectivity index (χ1) is 9.00. The topological polar surface area (TPSA) is 54.5 Å². The van der Waals surface area contributed by atoms with Crippen LogP contribution in [0.25, 0.3) is 0 Å². The molecule has 116 valence electrons. The lowest BCUT2D eigenvalue weighted by atomic mass is 9.65. The SMILES string of the molecule is CC1(C)CC2CC(C)(CN2C(=O)CCCS(C)(=O)=O)C1. The molecule has 20 heavy (non-hydrogen) atoms. The van der Waals surface area contributed by atoms with E-state index in [-0.39, 0.29) is 17.1 Å². The van der Waals surface area contributed by atoms with E-state index in [0.717, 1.165) is 19.4 Å². The second-order valence-electron chi connectivity index (χ2n) is 7.97. The first kappa shape index (κ1) is 15.8. The van der Waals surface area contributed by atoms with E-state index >= 15 is 0 Å². The highest BCUT2D eigenvalue weighted by atomic mass is 32.2. The number of carbonyl (C=O) groups is 1. The van der Waals surface area contributed by atoms with Gasteiger partial charge in [-0.15, -0.1) is 0 Å². The molecule has 1 saturated heterocycles. The smallest absolute Gasteiger partial charge is 0.222 e. The second-order valence-corrected chi connectivity index (χ2v) is 10.2. The highest BCUT2D eigenvalue weighted by molar-refractivity contribution is 7.90. The van der Waals surface area contributed by atoms with E-state index in [2.05, 4.69) is 20.8 Å². The number of hydrogen-bond donors (Lipinski definition) is 0. The van der Waals surface area contributed by atoms with Crippen LogP contribution in [0.4, 0.5) is 0 Å². The van der Waals surface area contributed by atoms with Crippen LogP contribution in [0, 0.1) is 10.8 Å². The Morgan fingerprint density at radius 1 is 1.25 bits per heavy atom. The largest absolute Gasteiger partial charge is 0.339 e. The first-order valence-electron chi connectivity index (χ1n) is 7.47. The Kier molecular flexibility index (Phi) is 3.95. The van der Waals surface area contributed by atoms with Crippen LogP contribution in [0.2, 0.25) is 0 Å². The summed E-state index contributed by atoms with van der Waals surface area (Å²) in [6.45, 7) is 7.70. The second kappa shape index (κ2) is 5.00. The summed E-state index contributed by atoms with van der Waals surface area (Å²) in [6, 6.07) is 0.356. The first-order valence-corrected chi connectivity index (χ1v) is 9.53. The van der Waals surface area contributed by atoms with Crippen LogP contribution >= 0.6 is 0 Å². The van der Waals surface area contributed by atoms with Gasteiger partial charge in [-0.3, -0.25) is 4.79 Å². The molecule has 0 N–H and O–H groups in total. The summed E-state index contributed by atoms with van der Waals surface area (Å²) in [5.41, 5.74) is 0.554. The molecule has 1 amide bonds. The zero-order valence-corrected chi connectivity index (χ0v) is 13.9. The minimum Gasteiger partial charge on any atom is -0.339 e. The maximum absolute atomic E-state index is 12.4. The Balaban J connectivity index is 1.95. The van der Waals surface area contributed by atoms with E-state index in [0.29, 0.717) is 24.3 Å². The molecule has 0 radical (unpaired) electrons. The average molecular weight is 301 g/mol. The van der Waals surface area contributed by atoms with Gasteiger partial charge in [0.2, 0.25) is 5.91 Å². The standard InChI is InChI=1S/C15H27NO3S/c1-14(2)8-12-9-15(3,10-14)11-16(12)13(17)6-5-7-20(4,18)19/h12H,5-11H2,1-4H3. The van der Waals surface area contributed by atoms with Crippen LogP contribution in [0.15, 0.2) is 0 Å². The average Bonchev–Trinajstić information content (AvgIpc) is 2.45. The van der Waals surface area contributed by atoms with Crippen LogP contribution in [-0.2, 0) is 14.6 Å². The summed E-state index contributed by atoms with van der Waals surface area (Å²) in [7, 11) is -2.96. The summed E-state index contributed by atoms with van der Waals surface area (Å²) in [4.78, 5) is 14.4. The molecule has 2 unspecified atom stereocenters. The number of carbonyl (C=O) groups excluding carboxylic acids is 1. The predicted molar refractivity (Wildman–Crippen MR) is 80.2 cm³/mol. The van der Waals surface area contributed by atoms with Crippen molar-refractivity contribution in [2.24, 2.45) is 10.8 Å². The zero-order valence-electron chi connectivity index (χ0n) is 13.1. The fourth-order valence-electron chi connectivity index (χ4n) is 4.38. The number of hydrogen-bond acceptors (Lipinski definition) is 3. The molecule has 2 rings (SSSR count). The molecule has 0 aromatic heterocycles. The number of fused-ring (bicyclic) bond motifs is 2. The number of amides is 1. The molecular weight excluding hydrogens is 274 g/mol. The van der Waals surface area contributed by atoms with Gasteiger partial charge in [0.05, 0.1) is 5.75 Å². The number of likely N-dealkylation sites (tertiary alicyclic amines) is 1. The van der Waals surface area contributed by atoms with Crippen molar-refractivity contribution in [3.8, 4) is 0 Å². The fourth-order valence-corrected chi connectivity index (χ4v) is 5.05. The van der Waals surface area contributed by atoms with Crippen LogP contribution in [-0.4, -0.2) is 43.8 Å². The van der Waals surface area contributed by atoms with Crippen molar-refractivity contribution >= 4 is 15.7 Å². The fraction of sp³-hybridized carbons (Fsp3) is 0.933. The maximum Gasteiger partial charge on any atom is 0.222 e. The molecule has 2 atom stereocenters.